The van der Waals surface area contributed by atoms with Crippen LogP contribution in [0.15, 0.2) is 18.2 Å². The second-order valence-corrected chi connectivity index (χ2v) is 3.77. The molecule has 86 valence electrons. The Hall–Kier alpha value is -1.75. The van der Waals surface area contributed by atoms with Crippen LogP contribution in [0, 0.1) is 0 Å². The van der Waals surface area contributed by atoms with Gasteiger partial charge in [-0.2, -0.15) is 0 Å². The van der Waals surface area contributed by atoms with Crippen molar-refractivity contribution in [1.82, 2.24) is 0 Å². The Morgan fingerprint density at radius 2 is 2.19 bits per heavy atom. The van der Waals surface area contributed by atoms with E-state index in [1.807, 2.05) is 0 Å². The van der Waals surface area contributed by atoms with Gasteiger partial charge in [0.25, 0.3) is 0 Å². The average molecular weight is 224 g/mol. The number of hydrogen-bond donors (Lipinski definition) is 3. The highest BCUT2D eigenvalue weighted by molar-refractivity contribution is 5.81. The van der Waals surface area contributed by atoms with Gasteiger partial charge in [0, 0.05) is 5.56 Å². The van der Waals surface area contributed by atoms with Crippen LogP contribution in [0.1, 0.15) is 18.4 Å². The summed E-state index contributed by atoms with van der Waals surface area (Å²) in [5.41, 5.74) is -1.87. The molecule has 1 aliphatic rings. The van der Waals surface area contributed by atoms with Gasteiger partial charge in [0.05, 0.1) is 6.61 Å². The van der Waals surface area contributed by atoms with Gasteiger partial charge in [-0.3, -0.25) is 0 Å². The Morgan fingerprint density at radius 3 is 2.88 bits per heavy atom. The van der Waals surface area contributed by atoms with Crippen molar-refractivity contribution in [3.63, 3.8) is 0 Å². The van der Waals surface area contributed by atoms with Crippen LogP contribution >= 0.6 is 0 Å². The van der Waals surface area contributed by atoms with Crippen LogP contribution in [-0.2, 0) is 10.4 Å². The van der Waals surface area contributed by atoms with Gasteiger partial charge >= 0.3 is 5.97 Å². The molecule has 0 saturated heterocycles. The fourth-order valence-electron chi connectivity index (χ4n) is 1.86. The van der Waals surface area contributed by atoms with Crippen molar-refractivity contribution in [1.29, 1.82) is 0 Å². The number of hydrogen-bond acceptors (Lipinski definition) is 4. The third-order valence-corrected chi connectivity index (χ3v) is 2.72. The molecule has 0 saturated carbocycles. The van der Waals surface area contributed by atoms with E-state index in [1.165, 1.54) is 18.2 Å². The number of carboxylic acids is 1. The van der Waals surface area contributed by atoms with Crippen molar-refractivity contribution in [2.75, 3.05) is 6.61 Å². The van der Waals surface area contributed by atoms with Crippen LogP contribution in [0.2, 0.25) is 0 Å². The molecule has 1 aliphatic heterocycles. The summed E-state index contributed by atoms with van der Waals surface area (Å²) in [6.07, 6.45) is 0.482. The Balaban J connectivity index is 2.62. The topological polar surface area (TPSA) is 87.0 Å². The van der Waals surface area contributed by atoms with E-state index < -0.39 is 11.6 Å². The van der Waals surface area contributed by atoms with Crippen molar-refractivity contribution in [3.05, 3.63) is 23.8 Å². The van der Waals surface area contributed by atoms with Crippen LogP contribution in [-0.4, -0.2) is 27.9 Å². The molecule has 0 spiro atoms. The minimum absolute atomic E-state index is 0.0601. The quantitative estimate of drug-likeness (QED) is 0.658. The Kier molecular flexibility index (Phi) is 2.47. The second kappa shape index (κ2) is 3.68. The lowest BCUT2D eigenvalue weighted by molar-refractivity contribution is -0.160. The van der Waals surface area contributed by atoms with E-state index in [4.69, 9.17) is 9.84 Å². The first-order valence-corrected chi connectivity index (χ1v) is 4.97. The number of aromatic hydroxyl groups is 1. The lowest BCUT2D eigenvalue weighted by Crippen LogP contribution is -2.35. The number of aliphatic hydroxyl groups is 1. The Morgan fingerprint density at radius 1 is 1.44 bits per heavy atom. The van der Waals surface area contributed by atoms with Crippen molar-refractivity contribution < 1.29 is 24.9 Å². The second-order valence-electron chi connectivity index (χ2n) is 3.77. The molecule has 1 heterocycles. The molecule has 5 heteroatoms. The predicted octanol–water partition coefficient (Wildman–Crippen LogP) is 0.837. The Labute approximate surface area is 91.9 Å². The fourth-order valence-corrected chi connectivity index (χ4v) is 1.86. The molecule has 0 amide bonds. The molecule has 3 N–H and O–H groups in total. The van der Waals surface area contributed by atoms with Crippen LogP contribution in [0.25, 0.3) is 0 Å². The maximum atomic E-state index is 11.1. The number of phenols is 1. The molecule has 1 aromatic rings. The summed E-state index contributed by atoms with van der Waals surface area (Å²) in [6, 6.07) is 4.33. The lowest BCUT2D eigenvalue weighted by Gasteiger charge is -2.22. The Bertz CT molecular complexity index is 428. The van der Waals surface area contributed by atoms with E-state index >= 15 is 0 Å². The minimum atomic E-state index is -1.98. The SMILES string of the molecule is O=C(O)C1(O)CCCOc2c(O)cccc21. The number of aliphatic carboxylic acids is 1. The average Bonchev–Trinajstić information content (AvgIpc) is 2.41. The molecule has 1 unspecified atom stereocenters. The molecule has 1 atom stereocenters. The highest BCUT2D eigenvalue weighted by atomic mass is 16.5. The lowest BCUT2D eigenvalue weighted by atomic mass is 9.89. The third-order valence-electron chi connectivity index (χ3n) is 2.72. The number of rotatable bonds is 1. The number of fused-ring (bicyclic) bond motifs is 1. The van der Waals surface area contributed by atoms with Gasteiger partial charge in [0.15, 0.2) is 17.1 Å². The normalized spacial score (nSPS) is 24.1. The highest BCUT2D eigenvalue weighted by Gasteiger charge is 2.42. The van der Waals surface area contributed by atoms with Crippen LogP contribution in [0.5, 0.6) is 11.5 Å². The van der Waals surface area contributed by atoms with E-state index in [9.17, 15) is 15.0 Å². The largest absolute Gasteiger partial charge is 0.504 e. The summed E-state index contributed by atoms with van der Waals surface area (Å²) in [4.78, 5) is 11.1. The molecule has 0 aliphatic carbocycles. The van der Waals surface area contributed by atoms with Crippen molar-refractivity contribution in [3.8, 4) is 11.5 Å². The number of carbonyl (C=O) groups is 1. The standard InChI is InChI=1S/C11H12O5/c12-8-4-1-3-7-9(8)16-6-2-5-11(7,15)10(13)14/h1,3-4,12,15H,2,5-6H2,(H,13,14). The first-order valence-electron chi connectivity index (χ1n) is 4.97. The first-order chi connectivity index (χ1) is 7.55. The zero-order valence-electron chi connectivity index (χ0n) is 8.51. The summed E-state index contributed by atoms with van der Waals surface area (Å²) < 4.78 is 5.25. The van der Waals surface area contributed by atoms with E-state index in [0.717, 1.165) is 0 Å². The van der Waals surface area contributed by atoms with E-state index in [2.05, 4.69) is 0 Å². The zero-order chi connectivity index (χ0) is 11.8. The minimum Gasteiger partial charge on any atom is -0.504 e. The molecule has 1 aromatic carbocycles. The van der Waals surface area contributed by atoms with Crippen molar-refractivity contribution in [2.24, 2.45) is 0 Å². The van der Waals surface area contributed by atoms with E-state index in [0.29, 0.717) is 6.42 Å². The molecule has 0 fully saturated rings. The van der Waals surface area contributed by atoms with Crippen LogP contribution in [0.4, 0.5) is 0 Å². The molecule has 0 radical (unpaired) electrons. The van der Waals surface area contributed by atoms with E-state index in [-0.39, 0.29) is 30.1 Å². The number of benzene rings is 1. The monoisotopic (exact) mass is 224 g/mol. The fraction of sp³-hybridized carbons (Fsp3) is 0.364. The highest BCUT2D eigenvalue weighted by Crippen LogP contribution is 2.41. The van der Waals surface area contributed by atoms with E-state index in [1.54, 1.807) is 0 Å². The van der Waals surface area contributed by atoms with Gasteiger partial charge < -0.3 is 20.1 Å². The van der Waals surface area contributed by atoms with Gasteiger partial charge in [0.2, 0.25) is 0 Å². The van der Waals surface area contributed by atoms with Crippen molar-refractivity contribution >= 4 is 5.97 Å². The summed E-state index contributed by atoms with van der Waals surface area (Å²) in [6.45, 7) is 0.278. The van der Waals surface area contributed by atoms with Gasteiger partial charge in [-0.25, -0.2) is 4.79 Å². The van der Waals surface area contributed by atoms with Gasteiger partial charge in [0.1, 0.15) is 0 Å². The molecule has 2 rings (SSSR count). The zero-order valence-corrected chi connectivity index (χ0v) is 8.51. The van der Waals surface area contributed by atoms with Gasteiger partial charge in [-0.15, -0.1) is 0 Å². The summed E-state index contributed by atoms with van der Waals surface area (Å²) >= 11 is 0. The van der Waals surface area contributed by atoms with Gasteiger partial charge in [-0.05, 0) is 18.9 Å². The van der Waals surface area contributed by atoms with Crippen LogP contribution < -0.4 is 4.74 Å². The molecular weight excluding hydrogens is 212 g/mol. The maximum absolute atomic E-state index is 11.1. The molecule has 5 nitrogen and oxygen atoms in total. The predicted molar refractivity (Wildman–Crippen MR) is 54.4 cm³/mol. The van der Waals surface area contributed by atoms with Gasteiger partial charge in [-0.1, -0.05) is 12.1 Å². The van der Waals surface area contributed by atoms with Crippen LogP contribution in [0.3, 0.4) is 0 Å². The molecule has 0 aromatic heterocycles. The summed E-state index contributed by atoms with van der Waals surface area (Å²) in [5.74, 6) is -1.42. The maximum Gasteiger partial charge on any atom is 0.340 e. The molecule has 16 heavy (non-hydrogen) atoms. The van der Waals surface area contributed by atoms with Crippen molar-refractivity contribution in [2.45, 2.75) is 18.4 Å². The number of ether oxygens (including phenoxy) is 1. The summed E-state index contributed by atoms with van der Waals surface area (Å²) in [5, 5.41) is 28.8. The molecular formula is C11H12O5. The number of carboxylic acid groups (broad SMARTS) is 1. The molecule has 0 bridgehead atoms. The summed E-state index contributed by atoms with van der Waals surface area (Å²) in [7, 11) is 0. The third kappa shape index (κ3) is 1.49. The number of phenolic OH excluding ortho intramolecular Hbond substituents is 1. The number of para-hydroxylation sites is 1. The first kappa shape index (κ1) is 10.8. The smallest absolute Gasteiger partial charge is 0.340 e.